The van der Waals surface area contributed by atoms with Crippen molar-refractivity contribution in [3.05, 3.63) is 95.6 Å². The van der Waals surface area contributed by atoms with Crippen molar-refractivity contribution < 1.29 is 19.1 Å². The standard InChI is InChI=1S/C31H33NO4/c1-3-5-11-22(4-2)21-35-28(33)20-23-16-18-25(19-17-23)36-30(24-12-7-6-8-13-24)29-26-14-9-10-15-27(26)32-31(29)34/h6-10,12-19,22H,3-5,11,20-21H2,1-2H3,(H,32,34)/t22-/m0/s1. The number of hydrogen-bond acceptors (Lipinski definition) is 4. The number of unbranched alkanes of at least 4 members (excludes halogenated alkanes) is 1. The number of carbonyl (C=O) groups is 2. The molecular formula is C31H33NO4. The van der Waals surface area contributed by atoms with E-state index in [9.17, 15) is 9.59 Å². The fraction of sp³-hybridized carbons (Fsp3) is 0.290. The number of esters is 1. The summed E-state index contributed by atoms with van der Waals surface area (Å²) in [5.74, 6) is 1.08. The van der Waals surface area contributed by atoms with E-state index in [0.29, 0.717) is 29.6 Å². The van der Waals surface area contributed by atoms with Gasteiger partial charge in [-0.25, -0.2) is 0 Å². The van der Waals surface area contributed by atoms with Gasteiger partial charge in [-0.3, -0.25) is 9.59 Å². The summed E-state index contributed by atoms with van der Waals surface area (Å²) in [7, 11) is 0. The summed E-state index contributed by atoms with van der Waals surface area (Å²) in [5, 5.41) is 2.92. The molecule has 4 rings (SSSR count). The SMILES string of the molecule is CCCC[C@H](CC)COC(=O)Cc1ccc(OC(=C2C(=O)Nc3ccccc32)c2ccccc2)cc1. The van der Waals surface area contributed by atoms with Crippen LogP contribution in [0.15, 0.2) is 78.9 Å². The van der Waals surface area contributed by atoms with Gasteiger partial charge in [-0.05, 0) is 36.1 Å². The van der Waals surface area contributed by atoms with E-state index in [-0.39, 0.29) is 18.3 Å². The van der Waals surface area contributed by atoms with E-state index in [1.54, 1.807) is 0 Å². The second-order valence-electron chi connectivity index (χ2n) is 9.09. The molecule has 1 aliphatic rings. The minimum Gasteiger partial charge on any atom is -0.465 e. The minimum absolute atomic E-state index is 0.196. The molecule has 0 saturated carbocycles. The van der Waals surface area contributed by atoms with Gasteiger partial charge in [0.2, 0.25) is 0 Å². The van der Waals surface area contributed by atoms with Crippen LogP contribution in [0.2, 0.25) is 0 Å². The maximum absolute atomic E-state index is 12.9. The van der Waals surface area contributed by atoms with Crippen LogP contribution in [0, 0.1) is 5.92 Å². The Bertz CT molecular complexity index is 1210. The van der Waals surface area contributed by atoms with Gasteiger partial charge in [-0.1, -0.05) is 93.8 Å². The van der Waals surface area contributed by atoms with Gasteiger partial charge in [-0.2, -0.15) is 0 Å². The normalized spacial score (nSPS) is 14.6. The summed E-state index contributed by atoms with van der Waals surface area (Å²) >= 11 is 0. The first-order valence-electron chi connectivity index (χ1n) is 12.7. The van der Waals surface area contributed by atoms with Gasteiger partial charge in [-0.15, -0.1) is 0 Å². The summed E-state index contributed by atoms with van der Waals surface area (Å²) in [6.07, 6.45) is 4.63. The number of para-hydroxylation sites is 1. The number of amides is 1. The van der Waals surface area contributed by atoms with Crippen molar-refractivity contribution in [1.82, 2.24) is 0 Å². The topological polar surface area (TPSA) is 64.6 Å². The fourth-order valence-corrected chi connectivity index (χ4v) is 4.31. The number of nitrogens with one attached hydrogen (secondary N) is 1. The molecule has 186 valence electrons. The first-order valence-corrected chi connectivity index (χ1v) is 12.7. The number of carbonyl (C=O) groups excluding carboxylic acids is 2. The average Bonchev–Trinajstić information content (AvgIpc) is 3.24. The molecule has 0 aliphatic carbocycles. The van der Waals surface area contributed by atoms with E-state index >= 15 is 0 Å². The summed E-state index contributed by atoms with van der Waals surface area (Å²) < 4.78 is 11.8. The monoisotopic (exact) mass is 483 g/mol. The number of ether oxygens (including phenoxy) is 2. The zero-order valence-electron chi connectivity index (χ0n) is 21.0. The second kappa shape index (κ2) is 12.2. The molecule has 3 aromatic rings. The van der Waals surface area contributed by atoms with Crippen molar-refractivity contribution in [1.29, 1.82) is 0 Å². The van der Waals surface area contributed by atoms with Crippen molar-refractivity contribution in [3.8, 4) is 5.75 Å². The highest BCUT2D eigenvalue weighted by Gasteiger charge is 2.29. The lowest BCUT2D eigenvalue weighted by Gasteiger charge is -2.15. The molecule has 1 aliphatic heterocycles. The number of rotatable bonds is 11. The molecule has 0 unspecified atom stereocenters. The van der Waals surface area contributed by atoms with Crippen LogP contribution in [0.3, 0.4) is 0 Å². The van der Waals surface area contributed by atoms with Gasteiger partial charge in [0.15, 0.2) is 0 Å². The second-order valence-corrected chi connectivity index (χ2v) is 9.09. The summed E-state index contributed by atoms with van der Waals surface area (Å²) in [5.41, 5.74) is 3.74. The van der Waals surface area contributed by atoms with Crippen molar-refractivity contribution in [2.75, 3.05) is 11.9 Å². The average molecular weight is 484 g/mol. The lowest BCUT2D eigenvalue weighted by Crippen LogP contribution is -2.15. The van der Waals surface area contributed by atoms with Gasteiger partial charge in [0, 0.05) is 16.8 Å². The highest BCUT2D eigenvalue weighted by molar-refractivity contribution is 6.36. The van der Waals surface area contributed by atoms with Crippen LogP contribution >= 0.6 is 0 Å². The Labute approximate surface area is 213 Å². The van der Waals surface area contributed by atoms with Crippen molar-refractivity contribution in [2.24, 2.45) is 5.92 Å². The molecule has 36 heavy (non-hydrogen) atoms. The predicted molar refractivity (Wildman–Crippen MR) is 143 cm³/mol. The summed E-state index contributed by atoms with van der Waals surface area (Å²) in [4.78, 5) is 25.3. The molecule has 0 saturated heterocycles. The van der Waals surface area contributed by atoms with Crippen molar-refractivity contribution in [2.45, 2.75) is 46.0 Å². The number of benzene rings is 3. The maximum Gasteiger partial charge on any atom is 0.310 e. The molecule has 1 N–H and O–H groups in total. The Hall–Kier alpha value is -3.86. The molecular weight excluding hydrogens is 450 g/mol. The fourth-order valence-electron chi connectivity index (χ4n) is 4.31. The van der Waals surface area contributed by atoms with E-state index in [2.05, 4.69) is 19.2 Å². The van der Waals surface area contributed by atoms with E-state index in [1.807, 2.05) is 78.9 Å². The first-order chi connectivity index (χ1) is 17.6. The molecule has 0 radical (unpaired) electrons. The van der Waals surface area contributed by atoms with E-state index in [0.717, 1.165) is 48.1 Å². The highest BCUT2D eigenvalue weighted by Crippen LogP contribution is 2.37. The van der Waals surface area contributed by atoms with Crippen LogP contribution in [-0.4, -0.2) is 18.5 Å². The Morgan fingerprint density at radius 2 is 1.64 bits per heavy atom. The van der Waals surface area contributed by atoms with Crippen LogP contribution < -0.4 is 10.1 Å². The van der Waals surface area contributed by atoms with E-state index in [4.69, 9.17) is 9.47 Å². The van der Waals surface area contributed by atoms with E-state index in [1.165, 1.54) is 0 Å². The molecule has 0 fully saturated rings. The molecule has 0 aromatic heterocycles. The van der Waals surface area contributed by atoms with Crippen LogP contribution in [0.5, 0.6) is 5.75 Å². The van der Waals surface area contributed by atoms with Crippen LogP contribution in [0.1, 0.15) is 56.2 Å². The Kier molecular flexibility index (Phi) is 8.56. The third-order valence-electron chi connectivity index (χ3n) is 6.45. The largest absolute Gasteiger partial charge is 0.465 e. The van der Waals surface area contributed by atoms with Gasteiger partial charge < -0.3 is 14.8 Å². The van der Waals surface area contributed by atoms with Gasteiger partial charge in [0.05, 0.1) is 18.6 Å². The first kappa shape index (κ1) is 25.2. The van der Waals surface area contributed by atoms with Crippen LogP contribution in [0.4, 0.5) is 5.69 Å². The lowest BCUT2D eigenvalue weighted by molar-refractivity contribution is -0.144. The number of anilines is 1. The molecule has 5 heteroatoms. The molecule has 1 amide bonds. The molecule has 0 spiro atoms. The van der Waals surface area contributed by atoms with Gasteiger partial charge in [0.25, 0.3) is 5.91 Å². The molecule has 0 bridgehead atoms. The smallest absolute Gasteiger partial charge is 0.310 e. The molecule has 1 atom stereocenters. The maximum atomic E-state index is 12.9. The van der Waals surface area contributed by atoms with Crippen LogP contribution in [-0.2, 0) is 20.7 Å². The van der Waals surface area contributed by atoms with Crippen molar-refractivity contribution >= 4 is 28.9 Å². The van der Waals surface area contributed by atoms with E-state index < -0.39 is 0 Å². The van der Waals surface area contributed by atoms with Gasteiger partial charge in [0.1, 0.15) is 11.5 Å². The minimum atomic E-state index is -0.218. The molecule has 3 aromatic carbocycles. The Morgan fingerprint density at radius 1 is 0.917 bits per heavy atom. The third-order valence-corrected chi connectivity index (χ3v) is 6.45. The van der Waals surface area contributed by atoms with Crippen molar-refractivity contribution in [3.63, 3.8) is 0 Å². The molecule has 1 heterocycles. The third kappa shape index (κ3) is 6.22. The zero-order valence-corrected chi connectivity index (χ0v) is 21.0. The Balaban J connectivity index is 1.49. The lowest BCUT2D eigenvalue weighted by atomic mass is 10.0. The predicted octanol–water partition coefficient (Wildman–Crippen LogP) is 6.89. The van der Waals surface area contributed by atoms with Crippen LogP contribution in [0.25, 0.3) is 11.3 Å². The summed E-state index contributed by atoms with van der Waals surface area (Å²) in [6.45, 7) is 4.79. The number of hydrogen-bond donors (Lipinski definition) is 1. The van der Waals surface area contributed by atoms with Gasteiger partial charge >= 0.3 is 5.97 Å². The Morgan fingerprint density at radius 3 is 2.36 bits per heavy atom. The zero-order chi connectivity index (χ0) is 25.3. The quantitative estimate of drug-likeness (QED) is 0.183. The number of fused-ring (bicyclic) bond motifs is 1. The molecule has 5 nitrogen and oxygen atoms in total. The summed E-state index contributed by atoms with van der Waals surface area (Å²) in [6, 6.07) is 24.5. The highest BCUT2D eigenvalue weighted by atomic mass is 16.5.